The van der Waals surface area contributed by atoms with Crippen molar-refractivity contribution in [1.82, 2.24) is 10.2 Å². The third kappa shape index (κ3) is 6.34. The summed E-state index contributed by atoms with van der Waals surface area (Å²) in [6.45, 7) is 8.63. The molecule has 7 nitrogen and oxygen atoms in total. The van der Waals surface area contributed by atoms with Gasteiger partial charge in [0.25, 0.3) is 0 Å². The zero-order chi connectivity index (χ0) is 20.1. The van der Waals surface area contributed by atoms with Crippen LogP contribution in [0, 0.1) is 5.92 Å². The first-order chi connectivity index (χ1) is 13.3. The van der Waals surface area contributed by atoms with Crippen molar-refractivity contribution in [2.75, 3.05) is 26.3 Å². The van der Waals surface area contributed by atoms with E-state index in [0.29, 0.717) is 18.9 Å². The minimum atomic E-state index is -0.489. The lowest BCUT2D eigenvalue weighted by Gasteiger charge is -2.39. The van der Waals surface area contributed by atoms with Gasteiger partial charge in [-0.2, -0.15) is 0 Å². The Morgan fingerprint density at radius 1 is 1.07 bits per heavy atom. The van der Waals surface area contributed by atoms with Gasteiger partial charge in [0.15, 0.2) is 0 Å². The van der Waals surface area contributed by atoms with E-state index in [1.54, 1.807) is 0 Å². The summed E-state index contributed by atoms with van der Waals surface area (Å²) in [6.07, 6.45) is 6.04. The lowest BCUT2D eigenvalue weighted by atomic mass is 9.86. The summed E-state index contributed by atoms with van der Waals surface area (Å²) in [5, 5.41) is 2.99. The number of carbonyl (C=O) groups is 2. The largest absolute Gasteiger partial charge is 0.444 e. The molecule has 7 heteroatoms. The van der Waals surface area contributed by atoms with Crippen molar-refractivity contribution in [1.29, 1.82) is 0 Å². The van der Waals surface area contributed by atoms with E-state index < -0.39 is 5.60 Å². The van der Waals surface area contributed by atoms with Crippen LogP contribution in [0.3, 0.4) is 0 Å². The summed E-state index contributed by atoms with van der Waals surface area (Å²) in [4.78, 5) is 26.5. The van der Waals surface area contributed by atoms with Crippen LogP contribution in [-0.4, -0.2) is 67.1 Å². The maximum absolute atomic E-state index is 12.5. The molecule has 28 heavy (non-hydrogen) atoms. The number of hydrogen-bond donors (Lipinski definition) is 1. The van der Waals surface area contributed by atoms with Gasteiger partial charge in [-0.1, -0.05) is 0 Å². The molecule has 0 saturated carbocycles. The molecule has 1 N–H and O–H groups in total. The molecule has 3 saturated heterocycles. The second-order valence-electron chi connectivity index (χ2n) is 9.33. The summed E-state index contributed by atoms with van der Waals surface area (Å²) in [5.41, 5.74) is -0.489. The summed E-state index contributed by atoms with van der Waals surface area (Å²) in [5.74, 6) is 0.661. The fourth-order valence-electron chi connectivity index (χ4n) is 4.41. The van der Waals surface area contributed by atoms with Gasteiger partial charge >= 0.3 is 6.09 Å². The van der Waals surface area contributed by atoms with E-state index >= 15 is 0 Å². The first-order valence-corrected chi connectivity index (χ1v) is 10.8. The monoisotopic (exact) mass is 396 g/mol. The van der Waals surface area contributed by atoms with Crippen LogP contribution in [0.5, 0.6) is 0 Å². The standard InChI is InChI=1S/C21H36N2O5/c1-21(2,3)28-20(25)22-16-8-12-27-18(13-16)15-6-9-23(10-7-15)19(24)14-17-5-4-11-26-17/h15-18H,4-14H2,1-3H3,(H,22,25). The Hall–Kier alpha value is -1.34. The molecule has 3 atom stereocenters. The highest BCUT2D eigenvalue weighted by Crippen LogP contribution is 2.29. The molecule has 3 aliphatic rings. The molecule has 3 heterocycles. The summed E-state index contributed by atoms with van der Waals surface area (Å²) in [7, 11) is 0. The van der Waals surface area contributed by atoms with Crippen molar-refractivity contribution in [3.63, 3.8) is 0 Å². The van der Waals surface area contributed by atoms with Crippen LogP contribution in [0.1, 0.15) is 65.7 Å². The molecular weight excluding hydrogens is 360 g/mol. The van der Waals surface area contributed by atoms with E-state index in [0.717, 1.165) is 58.2 Å². The van der Waals surface area contributed by atoms with Gasteiger partial charge < -0.3 is 24.4 Å². The average molecular weight is 397 g/mol. The third-order valence-corrected chi connectivity index (χ3v) is 5.88. The van der Waals surface area contributed by atoms with Gasteiger partial charge in [0.1, 0.15) is 5.60 Å². The predicted molar refractivity (Wildman–Crippen MR) is 105 cm³/mol. The van der Waals surface area contributed by atoms with Gasteiger partial charge in [-0.05, 0) is 65.2 Å². The Bertz CT molecular complexity index is 533. The van der Waals surface area contributed by atoms with Gasteiger partial charge in [-0.15, -0.1) is 0 Å². The Morgan fingerprint density at radius 2 is 1.82 bits per heavy atom. The van der Waals surface area contributed by atoms with E-state index in [-0.39, 0.29) is 30.3 Å². The molecule has 0 spiro atoms. The molecule has 0 radical (unpaired) electrons. The van der Waals surface area contributed by atoms with Crippen molar-refractivity contribution >= 4 is 12.0 Å². The number of alkyl carbamates (subject to hydrolysis) is 1. The van der Waals surface area contributed by atoms with Crippen LogP contribution in [0.25, 0.3) is 0 Å². The molecule has 3 unspecified atom stereocenters. The first kappa shape index (κ1) is 21.4. The quantitative estimate of drug-likeness (QED) is 0.791. The molecule has 0 aromatic carbocycles. The number of hydrogen-bond acceptors (Lipinski definition) is 5. The van der Waals surface area contributed by atoms with E-state index in [9.17, 15) is 9.59 Å². The number of likely N-dealkylation sites (tertiary alicyclic amines) is 1. The van der Waals surface area contributed by atoms with Crippen molar-refractivity contribution in [3.05, 3.63) is 0 Å². The number of nitrogens with one attached hydrogen (secondary N) is 1. The van der Waals surface area contributed by atoms with Gasteiger partial charge in [-0.3, -0.25) is 4.79 Å². The smallest absolute Gasteiger partial charge is 0.407 e. The summed E-state index contributed by atoms with van der Waals surface area (Å²) in [6, 6.07) is 0.0905. The Labute approximate surface area is 168 Å². The number of rotatable bonds is 4. The average Bonchev–Trinajstić information content (AvgIpc) is 3.13. The molecule has 3 aliphatic heterocycles. The number of ether oxygens (including phenoxy) is 3. The van der Waals surface area contributed by atoms with E-state index in [1.807, 2.05) is 25.7 Å². The fraction of sp³-hybridized carbons (Fsp3) is 0.905. The molecule has 0 aliphatic carbocycles. The van der Waals surface area contributed by atoms with Crippen LogP contribution in [0.15, 0.2) is 0 Å². The molecule has 3 fully saturated rings. The number of amides is 2. The minimum Gasteiger partial charge on any atom is -0.444 e. The van der Waals surface area contributed by atoms with Crippen LogP contribution in [-0.2, 0) is 19.0 Å². The number of piperidine rings is 1. The van der Waals surface area contributed by atoms with Gasteiger partial charge in [0.2, 0.25) is 5.91 Å². The highest BCUT2D eigenvalue weighted by atomic mass is 16.6. The Morgan fingerprint density at radius 3 is 2.46 bits per heavy atom. The van der Waals surface area contributed by atoms with E-state index in [2.05, 4.69) is 5.32 Å². The van der Waals surface area contributed by atoms with Crippen molar-refractivity contribution in [3.8, 4) is 0 Å². The summed E-state index contributed by atoms with van der Waals surface area (Å²) < 4.78 is 17.0. The van der Waals surface area contributed by atoms with Gasteiger partial charge in [0, 0.05) is 32.3 Å². The van der Waals surface area contributed by atoms with Gasteiger partial charge in [0.05, 0.1) is 18.6 Å². The normalized spacial score (nSPS) is 29.5. The highest BCUT2D eigenvalue weighted by molar-refractivity contribution is 5.76. The van der Waals surface area contributed by atoms with Crippen LogP contribution < -0.4 is 5.32 Å². The van der Waals surface area contributed by atoms with Gasteiger partial charge in [-0.25, -0.2) is 4.79 Å². The van der Waals surface area contributed by atoms with Crippen LogP contribution in [0.4, 0.5) is 4.79 Å². The molecule has 0 aromatic heterocycles. The minimum absolute atomic E-state index is 0.0905. The zero-order valence-corrected chi connectivity index (χ0v) is 17.6. The van der Waals surface area contributed by atoms with E-state index in [1.165, 1.54) is 0 Å². The maximum Gasteiger partial charge on any atom is 0.407 e. The zero-order valence-electron chi connectivity index (χ0n) is 17.6. The Kier molecular flexibility index (Phi) is 7.20. The number of nitrogens with zero attached hydrogens (tertiary/aromatic N) is 1. The second kappa shape index (κ2) is 9.44. The lowest BCUT2D eigenvalue weighted by molar-refractivity contribution is -0.136. The van der Waals surface area contributed by atoms with Crippen molar-refractivity contribution in [2.24, 2.45) is 5.92 Å². The molecule has 2 amide bonds. The first-order valence-electron chi connectivity index (χ1n) is 10.8. The highest BCUT2D eigenvalue weighted by Gasteiger charge is 2.34. The molecule has 0 aromatic rings. The fourth-order valence-corrected chi connectivity index (χ4v) is 4.41. The maximum atomic E-state index is 12.5. The molecule has 160 valence electrons. The SMILES string of the molecule is CC(C)(C)OC(=O)NC1CCOC(C2CCN(C(=O)CC3CCCO3)CC2)C1. The Balaban J connectivity index is 1.41. The van der Waals surface area contributed by atoms with Crippen molar-refractivity contribution < 1.29 is 23.8 Å². The van der Waals surface area contributed by atoms with Crippen molar-refractivity contribution in [2.45, 2.75) is 89.6 Å². The molecular formula is C21H36N2O5. The van der Waals surface area contributed by atoms with Crippen LogP contribution in [0.2, 0.25) is 0 Å². The molecule has 0 bridgehead atoms. The third-order valence-electron chi connectivity index (χ3n) is 5.88. The number of carbonyl (C=O) groups excluding carboxylic acids is 2. The second-order valence-corrected chi connectivity index (χ2v) is 9.33. The lowest BCUT2D eigenvalue weighted by Crippen LogP contribution is -2.48. The topological polar surface area (TPSA) is 77.1 Å². The van der Waals surface area contributed by atoms with Crippen LogP contribution >= 0.6 is 0 Å². The van der Waals surface area contributed by atoms with E-state index in [4.69, 9.17) is 14.2 Å². The molecule has 3 rings (SSSR count). The predicted octanol–water partition coefficient (Wildman–Crippen LogP) is 2.87. The summed E-state index contributed by atoms with van der Waals surface area (Å²) >= 11 is 0.